The van der Waals surface area contributed by atoms with Gasteiger partial charge in [-0.1, -0.05) is 12.1 Å². The highest BCUT2D eigenvalue weighted by atomic mass is 16.6. The highest BCUT2D eigenvalue weighted by Gasteiger charge is 2.17. The summed E-state index contributed by atoms with van der Waals surface area (Å²) in [5, 5.41) is 0. The molecule has 0 aliphatic carbocycles. The van der Waals surface area contributed by atoms with Gasteiger partial charge in [-0.25, -0.2) is 9.59 Å². The summed E-state index contributed by atoms with van der Waals surface area (Å²) < 4.78 is 19.6. The Morgan fingerprint density at radius 2 is 1.23 bits per heavy atom. The van der Waals surface area contributed by atoms with Crippen LogP contribution >= 0.6 is 0 Å². The van der Waals surface area contributed by atoms with Crippen molar-refractivity contribution >= 4 is 11.9 Å². The zero-order valence-electron chi connectivity index (χ0n) is 13.0. The minimum atomic E-state index is -0.508. The molecule has 1 aliphatic rings. The van der Waals surface area contributed by atoms with Gasteiger partial charge < -0.3 is 18.9 Å². The molecule has 1 heterocycles. The van der Waals surface area contributed by atoms with Gasteiger partial charge in [-0.3, -0.25) is 0 Å². The lowest BCUT2D eigenvalue weighted by molar-refractivity contribution is -0.0334. The molecule has 6 nitrogen and oxygen atoms in total. The molecule has 0 saturated carbocycles. The first-order valence-corrected chi connectivity index (χ1v) is 7.29. The molecule has 122 valence electrons. The molecule has 1 aliphatic heterocycles. The Bertz CT molecular complexity index is 419. The number of carbonyl (C=O) groups is 2. The van der Waals surface area contributed by atoms with Crippen molar-refractivity contribution in [3.05, 3.63) is 35.4 Å². The lowest BCUT2D eigenvalue weighted by atomic mass is 10.1. The summed E-state index contributed by atoms with van der Waals surface area (Å²) in [5.74, 6) is -1.02. The van der Waals surface area contributed by atoms with Crippen LogP contribution in [-0.4, -0.2) is 51.6 Å². The Balaban J connectivity index is 0.000000335. The van der Waals surface area contributed by atoms with Crippen LogP contribution in [0.15, 0.2) is 24.3 Å². The molecule has 2 rings (SSSR count). The van der Waals surface area contributed by atoms with Crippen LogP contribution in [0.25, 0.3) is 0 Å². The largest absolute Gasteiger partial charge is 0.462 e. The van der Waals surface area contributed by atoms with Crippen LogP contribution in [0.1, 0.15) is 34.6 Å². The number of ether oxygens (including phenoxy) is 4. The smallest absolute Gasteiger partial charge is 0.338 e. The molecular formula is C16H22O6. The van der Waals surface area contributed by atoms with Gasteiger partial charge in [0.25, 0.3) is 0 Å². The van der Waals surface area contributed by atoms with Gasteiger partial charge in [0.05, 0.1) is 50.8 Å². The van der Waals surface area contributed by atoms with Gasteiger partial charge in [-0.2, -0.15) is 0 Å². The first kappa shape index (κ1) is 18.1. The highest BCUT2D eigenvalue weighted by molar-refractivity contribution is 6.03. The highest BCUT2D eigenvalue weighted by Crippen LogP contribution is 2.11. The molecule has 0 spiro atoms. The van der Waals surface area contributed by atoms with E-state index in [4.69, 9.17) is 18.9 Å². The normalized spacial score (nSPS) is 13.5. The molecule has 1 fully saturated rings. The van der Waals surface area contributed by atoms with E-state index >= 15 is 0 Å². The summed E-state index contributed by atoms with van der Waals surface area (Å²) in [6, 6.07) is 6.44. The third-order valence-electron chi connectivity index (χ3n) is 2.66. The zero-order valence-corrected chi connectivity index (χ0v) is 13.0. The first-order valence-electron chi connectivity index (χ1n) is 7.29. The molecule has 1 aromatic rings. The summed E-state index contributed by atoms with van der Waals surface area (Å²) in [4.78, 5) is 23.1. The van der Waals surface area contributed by atoms with Crippen LogP contribution in [0.5, 0.6) is 0 Å². The summed E-state index contributed by atoms with van der Waals surface area (Å²) in [5.41, 5.74) is 0.477. The van der Waals surface area contributed by atoms with E-state index in [9.17, 15) is 9.59 Å². The van der Waals surface area contributed by atoms with E-state index in [-0.39, 0.29) is 24.3 Å². The Labute approximate surface area is 130 Å². The molecule has 0 amide bonds. The van der Waals surface area contributed by atoms with Gasteiger partial charge in [0.1, 0.15) is 0 Å². The predicted octanol–water partition coefficient (Wildman–Crippen LogP) is 2.07. The lowest BCUT2D eigenvalue weighted by Crippen LogP contribution is -2.16. The summed E-state index contributed by atoms with van der Waals surface area (Å²) >= 11 is 0. The van der Waals surface area contributed by atoms with Crippen molar-refractivity contribution in [1.82, 2.24) is 0 Å². The van der Waals surface area contributed by atoms with E-state index in [1.54, 1.807) is 38.1 Å². The molecule has 0 bridgehead atoms. The molecule has 22 heavy (non-hydrogen) atoms. The summed E-state index contributed by atoms with van der Waals surface area (Å²) in [6.07, 6.45) is 0. The fourth-order valence-corrected chi connectivity index (χ4v) is 1.70. The molecule has 0 N–H and O–H groups in total. The van der Waals surface area contributed by atoms with E-state index in [1.165, 1.54) is 0 Å². The quantitative estimate of drug-likeness (QED) is 0.793. The average molecular weight is 310 g/mol. The van der Waals surface area contributed by atoms with Gasteiger partial charge >= 0.3 is 11.9 Å². The second-order valence-electron chi connectivity index (χ2n) is 4.21. The average Bonchev–Trinajstić information content (AvgIpc) is 2.57. The predicted molar refractivity (Wildman–Crippen MR) is 80.0 cm³/mol. The molecule has 1 aromatic carbocycles. The van der Waals surface area contributed by atoms with Gasteiger partial charge in [0.15, 0.2) is 0 Å². The van der Waals surface area contributed by atoms with Gasteiger partial charge in [0.2, 0.25) is 0 Å². The van der Waals surface area contributed by atoms with Crippen LogP contribution in [0.2, 0.25) is 0 Å². The third kappa shape index (κ3) is 6.24. The van der Waals surface area contributed by atoms with E-state index in [0.717, 1.165) is 26.4 Å². The van der Waals surface area contributed by atoms with Crippen molar-refractivity contribution in [3.63, 3.8) is 0 Å². The Kier molecular flexibility index (Phi) is 8.86. The molecule has 0 atom stereocenters. The fraction of sp³-hybridized carbons (Fsp3) is 0.500. The fourth-order valence-electron chi connectivity index (χ4n) is 1.70. The van der Waals surface area contributed by atoms with Crippen LogP contribution in [-0.2, 0) is 18.9 Å². The van der Waals surface area contributed by atoms with E-state index in [0.29, 0.717) is 0 Å². The SMILES string of the molecule is C1COCCO1.CCOC(=O)c1ccccc1C(=O)OCC. The lowest BCUT2D eigenvalue weighted by Gasteiger charge is -2.09. The maximum Gasteiger partial charge on any atom is 0.338 e. The van der Waals surface area contributed by atoms with Gasteiger partial charge in [-0.15, -0.1) is 0 Å². The van der Waals surface area contributed by atoms with Crippen LogP contribution in [0, 0.1) is 0 Å². The van der Waals surface area contributed by atoms with Crippen LogP contribution in [0.3, 0.4) is 0 Å². The van der Waals surface area contributed by atoms with E-state index in [1.807, 2.05) is 0 Å². The Hall–Kier alpha value is -1.92. The summed E-state index contributed by atoms with van der Waals surface area (Å²) in [7, 11) is 0. The maximum absolute atomic E-state index is 11.5. The van der Waals surface area contributed by atoms with Crippen LogP contribution < -0.4 is 0 Å². The molecular weight excluding hydrogens is 288 g/mol. The molecule has 1 saturated heterocycles. The monoisotopic (exact) mass is 310 g/mol. The zero-order chi connectivity index (χ0) is 16.2. The van der Waals surface area contributed by atoms with E-state index in [2.05, 4.69) is 0 Å². The van der Waals surface area contributed by atoms with Gasteiger partial charge in [-0.05, 0) is 26.0 Å². The number of rotatable bonds is 4. The molecule has 0 radical (unpaired) electrons. The molecule has 0 aromatic heterocycles. The second kappa shape index (κ2) is 10.8. The van der Waals surface area contributed by atoms with Crippen molar-refractivity contribution in [2.45, 2.75) is 13.8 Å². The minimum absolute atomic E-state index is 0.239. The summed E-state index contributed by atoms with van der Waals surface area (Å²) in [6.45, 7) is 7.09. The second-order valence-corrected chi connectivity index (χ2v) is 4.21. The number of hydrogen-bond donors (Lipinski definition) is 0. The topological polar surface area (TPSA) is 71.1 Å². The van der Waals surface area contributed by atoms with Crippen molar-refractivity contribution in [2.75, 3.05) is 39.6 Å². The number of hydrogen-bond acceptors (Lipinski definition) is 6. The van der Waals surface area contributed by atoms with Crippen molar-refractivity contribution in [1.29, 1.82) is 0 Å². The minimum Gasteiger partial charge on any atom is -0.462 e. The van der Waals surface area contributed by atoms with Crippen molar-refractivity contribution in [3.8, 4) is 0 Å². The van der Waals surface area contributed by atoms with E-state index < -0.39 is 11.9 Å². The molecule has 6 heteroatoms. The number of esters is 2. The number of benzene rings is 1. The standard InChI is InChI=1S/C12H14O4.C4H8O2/c1-3-15-11(13)9-7-5-6-8-10(9)12(14)16-4-2;1-2-6-4-3-5-1/h5-8H,3-4H2,1-2H3;1-4H2. The van der Waals surface area contributed by atoms with Gasteiger partial charge in [0, 0.05) is 0 Å². The number of carbonyl (C=O) groups excluding carboxylic acids is 2. The van der Waals surface area contributed by atoms with Crippen molar-refractivity contribution < 1.29 is 28.5 Å². The third-order valence-corrected chi connectivity index (χ3v) is 2.66. The first-order chi connectivity index (χ1) is 10.7. The van der Waals surface area contributed by atoms with Crippen LogP contribution in [0.4, 0.5) is 0 Å². The Morgan fingerprint density at radius 3 is 1.50 bits per heavy atom. The molecule has 0 unspecified atom stereocenters. The van der Waals surface area contributed by atoms with Crippen molar-refractivity contribution in [2.24, 2.45) is 0 Å². The Morgan fingerprint density at radius 1 is 0.864 bits per heavy atom. The maximum atomic E-state index is 11.5.